The number of carbonyl (C=O) groups is 2. The summed E-state index contributed by atoms with van der Waals surface area (Å²) in [5.41, 5.74) is 3.43. The van der Waals surface area contributed by atoms with Crippen molar-refractivity contribution in [2.45, 2.75) is 6.92 Å². The quantitative estimate of drug-likeness (QED) is 0.599. The van der Waals surface area contributed by atoms with Gasteiger partial charge in [-0.05, 0) is 29.8 Å². The number of nitrogens with zero attached hydrogens (tertiary/aromatic N) is 1. The minimum absolute atomic E-state index is 0.111. The number of hydrogen-bond donors (Lipinski definition) is 3. The van der Waals surface area contributed by atoms with Crippen molar-refractivity contribution in [1.82, 2.24) is 20.8 Å². The highest BCUT2D eigenvalue weighted by atomic mass is 16.2. The Balaban J connectivity index is 1.60. The zero-order valence-corrected chi connectivity index (χ0v) is 14.5. The summed E-state index contributed by atoms with van der Waals surface area (Å²) in [6, 6.07) is 15.3. The molecule has 132 valence electrons. The fraction of sp³-hybridized carbons (Fsp3) is 0.150. The Bertz CT molecular complexity index is 942. The highest BCUT2D eigenvalue weighted by Gasteiger charge is 2.04. The maximum Gasteiger partial charge on any atom is 0.251 e. The van der Waals surface area contributed by atoms with Crippen LogP contribution in [0.15, 0.2) is 48.5 Å². The third-order valence-electron chi connectivity index (χ3n) is 3.89. The van der Waals surface area contributed by atoms with Gasteiger partial charge in [0.2, 0.25) is 5.91 Å². The van der Waals surface area contributed by atoms with Crippen LogP contribution in [0.4, 0.5) is 0 Å². The van der Waals surface area contributed by atoms with Gasteiger partial charge in [0.1, 0.15) is 0 Å². The van der Waals surface area contributed by atoms with Crippen LogP contribution in [0.2, 0.25) is 0 Å². The van der Waals surface area contributed by atoms with Crippen molar-refractivity contribution in [3.63, 3.8) is 0 Å². The number of aromatic amines is 1. The summed E-state index contributed by atoms with van der Waals surface area (Å²) < 4.78 is 0. The normalized spacial score (nSPS) is 11.0. The molecule has 2 aromatic carbocycles. The Morgan fingerprint density at radius 2 is 1.73 bits per heavy atom. The molecule has 6 heteroatoms. The minimum atomic E-state index is -0.163. The third kappa shape index (κ3) is 4.36. The Labute approximate surface area is 151 Å². The van der Waals surface area contributed by atoms with Gasteiger partial charge in [-0.2, -0.15) is 5.10 Å². The van der Waals surface area contributed by atoms with Crippen molar-refractivity contribution >= 4 is 34.9 Å². The molecule has 26 heavy (non-hydrogen) atoms. The van der Waals surface area contributed by atoms with E-state index in [9.17, 15) is 9.59 Å². The summed E-state index contributed by atoms with van der Waals surface area (Å²) in [5.74, 6) is -0.274. The van der Waals surface area contributed by atoms with Gasteiger partial charge < -0.3 is 10.6 Å². The van der Waals surface area contributed by atoms with Gasteiger partial charge in [-0.3, -0.25) is 14.7 Å². The first-order valence-corrected chi connectivity index (χ1v) is 8.37. The summed E-state index contributed by atoms with van der Waals surface area (Å²) in [5, 5.41) is 13.8. The van der Waals surface area contributed by atoms with Crippen molar-refractivity contribution in [1.29, 1.82) is 0 Å². The summed E-state index contributed by atoms with van der Waals surface area (Å²) >= 11 is 0. The summed E-state index contributed by atoms with van der Waals surface area (Å²) in [4.78, 5) is 22.8. The van der Waals surface area contributed by atoms with Crippen LogP contribution >= 0.6 is 0 Å². The molecule has 3 aromatic rings. The van der Waals surface area contributed by atoms with Crippen LogP contribution in [0.25, 0.3) is 23.1 Å². The minimum Gasteiger partial charge on any atom is -0.355 e. The lowest BCUT2D eigenvalue weighted by molar-refractivity contribution is -0.118. The molecule has 0 unspecified atom stereocenters. The van der Waals surface area contributed by atoms with Crippen molar-refractivity contribution in [3.05, 3.63) is 65.4 Å². The van der Waals surface area contributed by atoms with Gasteiger partial charge in [-0.15, -0.1) is 0 Å². The number of nitrogens with one attached hydrogen (secondary N) is 3. The Kier molecular flexibility index (Phi) is 5.43. The number of carbonyl (C=O) groups excluding carboxylic acids is 2. The van der Waals surface area contributed by atoms with Crippen LogP contribution < -0.4 is 10.6 Å². The molecule has 3 N–H and O–H groups in total. The second kappa shape index (κ2) is 8.11. The van der Waals surface area contributed by atoms with E-state index >= 15 is 0 Å². The van der Waals surface area contributed by atoms with Crippen LogP contribution in [-0.4, -0.2) is 35.1 Å². The maximum atomic E-state index is 12.0. The lowest BCUT2D eigenvalue weighted by atomic mass is 10.1. The third-order valence-corrected chi connectivity index (χ3v) is 3.89. The van der Waals surface area contributed by atoms with Gasteiger partial charge in [-0.1, -0.05) is 36.4 Å². The van der Waals surface area contributed by atoms with Crippen LogP contribution in [0.5, 0.6) is 0 Å². The molecule has 0 radical (unpaired) electrons. The molecule has 0 aliphatic rings. The molecule has 3 rings (SSSR count). The maximum absolute atomic E-state index is 12.0. The first-order chi connectivity index (χ1) is 12.6. The van der Waals surface area contributed by atoms with Crippen LogP contribution in [0, 0.1) is 0 Å². The van der Waals surface area contributed by atoms with Crippen LogP contribution in [0.3, 0.4) is 0 Å². The predicted molar refractivity (Wildman–Crippen MR) is 102 cm³/mol. The average molecular weight is 348 g/mol. The van der Waals surface area contributed by atoms with E-state index in [1.807, 2.05) is 48.6 Å². The van der Waals surface area contributed by atoms with E-state index in [0.29, 0.717) is 18.7 Å². The standard InChI is InChI=1S/C20H20N4O2/c1-14(25)21-12-13-22-20(26)16-9-6-15(7-10-16)8-11-19-17-4-2-3-5-18(17)23-24-19/h2-11H,12-13H2,1H3,(H,21,25)(H,22,26)(H,23,24). The predicted octanol–water partition coefficient (Wildman–Crippen LogP) is 2.60. The lowest BCUT2D eigenvalue weighted by Gasteiger charge is -2.06. The molecule has 0 spiro atoms. The molecular weight excluding hydrogens is 328 g/mol. The fourth-order valence-corrected chi connectivity index (χ4v) is 2.55. The molecule has 6 nitrogen and oxygen atoms in total. The Morgan fingerprint density at radius 1 is 1.00 bits per heavy atom. The van der Waals surface area contributed by atoms with E-state index in [2.05, 4.69) is 20.8 Å². The smallest absolute Gasteiger partial charge is 0.251 e. The van der Waals surface area contributed by atoms with Gasteiger partial charge in [0, 0.05) is 31.0 Å². The van der Waals surface area contributed by atoms with Gasteiger partial charge in [-0.25, -0.2) is 0 Å². The first kappa shape index (κ1) is 17.4. The highest BCUT2D eigenvalue weighted by molar-refractivity contribution is 5.94. The number of H-pyrrole nitrogens is 1. The van der Waals surface area contributed by atoms with E-state index in [0.717, 1.165) is 22.2 Å². The highest BCUT2D eigenvalue weighted by Crippen LogP contribution is 2.17. The van der Waals surface area contributed by atoms with E-state index in [-0.39, 0.29) is 11.8 Å². The van der Waals surface area contributed by atoms with Gasteiger partial charge in [0.05, 0.1) is 11.2 Å². The number of para-hydroxylation sites is 1. The summed E-state index contributed by atoms with van der Waals surface area (Å²) in [6.45, 7) is 2.26. The summed E-state index contributed by atoms with van der Waals surface area (Å²) in [6.07, 6.45) is 3.91. The second-order valence-electron chi connectivity index (χ2n) is 5.85. The van der Waals surface area contributed by atoms with Crippen molar-refractivity contribution in [2.75, 3.05) is 13.1 Å². The monoisotopic (exact) mass is 348 g/mol. The topological polar surface area (TPSA) is 86.9 Å². The number of hydrogen-bond acceptors (Lipinski definition) is 3. The van der Waals surface area contributed by atoms with E-state index in [1.165, 1.54) is 6.92 Å². The molecule has 0 aliphatic carbocycles. The molecule has 1 heterocycles. The number of rotatable bonds is 6. The van der Waals surface area contributed by atoms with Crippen LogP contribution in [0.1, 0.15) is 28.5 Å². The molecule has 0 saturated carbocycles. The van der Waals surface area contributed by atoms with Gasteiger partial charge in [0.15, 0.2) is 0 Å². The van der Waals surface area contributed by atoms with Gasteiger partial charge >= 0.3 is 0 Å². The first-order valence-electron chi connectivity index (χ1n) is 8.37. The van der Waals surface area contributed by atoms with E-state index in [4.69, 9.17) is 0 Å². The molecular formula is C20H20N4O2. The molecule has 1 aromatic heterocycles. The Hall–Kier alpha value is -3.41. The average Bonchev–Trinajstić information content (AvgIpc) is 3.07. The lowest BCUT2D eigenvalue weighted by Crippen LogP contribution is -2.33. The van der Waals surface area contributed by atoms with E-state index in [1.54, 1.807) is 12.1 Å². The Morgan fingerprint density at radius 3 is 2.50 bits per heavy atom. The van der Waals surface area contributed by atoms with Crippen molar-refractivity contribution in [3.8, 4) is 0 Å². The number of fused-ring (bicyclic) bond motifs is 1. The number of benzene rings is 2. The molecule has 0 atom stereocenters. The fourth-order valence-electron chi connectivity index (χ4n) is 2.55. The molecule has 0 aliphatic heterocycles. The molecule has 0 bridgehead atoms. The summed E-state index contributed by atoms with van der Waals surface area (Å²) in [7, 11) is 0. The molecule has 0 saturated heterocycles. The number of amides is 2. The zero-order chi connectivity index (χ0) is 18.4. The van der Waals surface area contributed by atoms with Crippen molar-refractivity contribution in [2.24, 2.45) is 0 Å². The molecule has 2 amide bonds. The van der Waals surface area contributed by atoms with Crippen LogP contribution in [-0.2, 0) is 4.79 Å². The largest absolute Gasteiger partial charge is 0.355 e. The van der Waals surface area contributed by atoms with E-state index < -0.39 is 0 Å². The number of aromatic nitrogens is 2. The van der Waals surface area contributed by atoms with Crippen molar-refractivity contribution < 1.29 is 9.59 Å². The molecule has 0 fully saturated rings. The van der Waals surface area contributed by atoms with Gasteiger partial charge in [0.25, 0.3) is 5.91 Å². The SMILES string of the molecule is CC(=O)NCCNC(=O)c1ccc(C=Cc2n[nH]c3ccccc23)cc1. The second-order valence-corrected chi connectivity index (χ2v) is 5.85. The zero-order valence-electron chi connectivity index (χ0n) is 14.5.